The lowest BCUT2D eigenvalue weighted by Gasteiger charge is -2.04. The minimum absolute atomic E-state index is 0.228. The van der Waals surface area contributed by atoms with E-state index in [0.717, 1.165) is 11.3 Å². The molecule has 0 amide bonds. The highest BCUT2D eigenvalue weighted by atomic mass is 32.2. The van der Waals surface area contributed by atoms with Gasteiger partial charge in [-0.25, -0.2) is 4.39 Å². The summed E-state index contributed by atoms with van der Waals surface area (Å²) in [6.45, 7) is 2.04. The van der Waals surface area contributed by atoms with E-state index < -0.39 is 0 Å². The molecule has 2 aromatic carbocycles. The second-order valence-corrected chi connectivity index (χ2v) is 5.57. The summed E-state index contributed by atoms with van der Waals surface area (Å²) in [7, 11) is 0. The van der Waals surface area contributed by atoms with Crippen molar-refractivity contribution in [2.75, 3.05) is 0 Å². The van der Waals surface area contributed by atoms with E-state index in [1.807, 2.05) is 31.2 Å². The monoisotopic (exact) mass is 300 g/mol. The molecule has 0 radical (unpaired) electrons. The molecular weight excluding hydrogens is 287 g/mol. The number of aromatic nitrogens is 4. The van der Waals surface area contributed by atoms with Crippen molar-refractivity contribution < 1.29 is 4.39 Å². The molecule has 3 aromatic rings. The zero-order valence-electron chi connectivity index (χ0n) is 11.4. The highest BCUT2D eigenvalue weighted by Gasteiger charge is 2.09. The lowest BCUT2D eigenvalue weighted by Crippen LogP contribution is -1.99. The molecular formula is C15H13FN4S. The summed E-state index contributed by atoms with van der Waals surface area (Å²) in [5.74, 6) is 0.459. The predicted molar refractivity (Wildman–Crippen MR) is 79.9 cm³/mol. The van der Waals surface area contributed by atoms with Crippen molar-refractivity contribution in [3.8, 4) is 5.69 Å². The summed E-state index contributed by atoms with van der Waals surface area (Å²) >= 11 is 1.52. The normalized spacial score (nSPS) is 10.8. The summed E-state index contributed by atoms with van der Waals surface area (Å²) in [5, 5.41) is 12.5. The fraction of sp³-hybridized carbons (Fsp3) is 0.133. The van der Waals surface area contributed by atoms with Crippen LogP contribution in [0.2, 0.25) is 0 Å². The molecule has 4 nitrogen and oxygen atoms in total. The first kappa shape index (κ1) is 13.8. The molecule has 0 N–H and O–H groups in total. The zero-order chi connectivity index (χ0) is 14.7. The number of thioether (sulfide) groups is 1. The van der Waals surface area contributed by atoms with E-state index in [0.29, 0.717) is 10.9 Å². The molecule has 0 aliphatic rings. The first-order valence-electron chi connectivity index (χ1n) is 6.45. The Morgan fingerprint density at radius 1 is 1.05 bits per heavy atom. The van der Waals surface area contributed by atoms with Gasteiger partial charge in [0.05, 0.1) is 5.69 Å². The molecule has 1 heterocycles. The largest absolute Gasteiger partial charge is 0.214 e. The standard InChI is InChI=1S/C15H13FN4S/c1-11-2-8-14(9-3-11)20-15(17-18-19-20)21-10-12-4-6-13(16)7-5-12/h2-9H,10H2,1H3. The van der Waals surface area contributed by atoms with Crippen LogP contribution in [0.3, 0.4) is 0 Å². The van der Waals surface area contributed by atoms with Gasteiger partial charge in [0, 0.05) is 5.75 Å². The Bertz CT molecular complexity index is 722. The van der Waals surface area contributed by atoms with Crippen LogP contribution in [0, 0.1) is 12.7 Å². The molecule has 0 atom stereocenters. The van der Waals surface area contributed by atoms with E-state index in [1.165, 1.54) is 29.5 Å². The topological polar surface area (TPSA) is 43.6 Å². The van der Waals surface area contributed by atoms with Crippen molar-refractivity contribution >= 4 is 11.8 Å². The molecule has 0 aliphatic carbocycles. The number of aryl methyl sites for hydroxylation is 1. The summed E-state index contributed by atoms with van der Waals surface area (Å²) in [6, 6.07) is 14.4. The second-order valence-electron chi connectivity index (χ2n) is 4.62. The highest BCUT2D eigenvalue weighted by molar-refractivity contribution is 7.98. The van der Waals surface area contributed by atoms with Crippen molar-refractivity contribution in [2.24, 2.45) is 0 Å². The molecule has 21 heavy (non-hydrogen) atoms. The van der Waals surface area contributed by atoms with Crippen molar-refractivity contribution in [2.45, 2.75) is 17.8 Å². The number of benzene rings is 2. The molecule has 106 valence electrons. The van der Waals surface area contributed by atoms with Crippen LogP contribution in [-0.2, 0) is 5.75 Å². The Labute approximate surface area is 126 Å². The Kier molecular flexibility index (Phi) is 3.96. The van der Waals surface area contributed by atoms with Crippen molar-refractivity contribution in [1.82, 2.24) is 20.2 Å². The van der Waals surface area contributed by atoms with Crippen LogP contribution in [0.1, 0.15) is 11.1 Å². The highest BCUT2D eigenvalue weighted by Crippen LogP contribution is 2.22. The van der Waals surface area contributed by atoms with E-state index in [-0.39, 0.29) is 5.82 Å². The zero-order valence-corrected chi connectivity index (χ0v) is 12.2. The van der Waals surface area contributed by atoms with E-state index in [2.05, 4.69) is 15.5 Å². The van der Waals surface area contributed by atoms with Gasteiger partial charge in [-0.3, -0.25) is 0 Å². The average Bonchev–Trinajstić information content (AvgIpc) is 2.96. The van der Waals surface area contributed by atoms with Crippen molar-refractivity contribution in [1.29, 1.82) is 0 Å². The lowest BCUT2D eigenvalue weighted by molar-refractivity contribution is 0.627. The van der Waals surface area contributed by atoms with Gasteiger partial charge in [-0.15, -0.1) is 5.10 Å². The maximum Gasteiger partial charge on any atom is 0.214 e. The number of rotatable bonds is 4. The summed E-state index contributed by atoms with van der Waals surface area (Å²) in [6.07, 6.45) is 0. The molecule has 0 unspecified atom stereocenters. The fourth-order valence-corrected chi connectivity index (χ4v) is 2.69. The quantitative estimate of drug-likeness (QED) is 0.693. The predicted octanol–water partition coefficient (Wildman–Crippen LogP) is 3.40. The van der Waals surface area contributed by atoms with Crippen LogP contribution in [0.25, 0.3) is 5.69 Å². The van der Waals surface area contributed by atoms with Gasteiger partial charge in [0.1, 0.15) is 5.82 Å². The maximum absolute atomic E-state index is 12.9. The van der Waals surface area contributed by atoms with Gasteiger partial charge in [0.2, 0.25) is 5.16 Å². The van der Waals surface area contributed by atoms with E-state index in [1.54, 1.807) is 16.8 Å². The van der Waals surface area contributed by atoms with Crippen LogP contribution in [0.5, 0.6) is 0 Å². The summed E-state index contributed by atoms with van der Waals surface area (Å²) < 4.78 is 14.6. The lowest BCUT2D eigenvalue weighted by atomic mass is 10.2. The summed E-state index contributed by atoms with van der Waals surface area (Å²) in [5.41, 5.74) is 3.14. The molecule has 0 fully saturated rings. The van der Waals surface area contributed by atoms with Crippen molar-refractivity contribution in [3.63, 3.8) is 0 Å². The molecule has 3 rings (SSSR count). The van der Waals surface area contributed by atoms with Gasteiger partial charge in [0.25, 0.3) is 0 Å². The third-order valence-electron chi connectivity index (χ3n) is 3.00. The number of hydrogen-bond acceptors (Lipinski definition) is 4. The molecule has 0 aliphatic heterocycles. The summed E-state index contributed by atoms with van der Waals surface area (Å²) in [4.78, 5) is 0. The smallest absolute Gasteiger partial charge is 0.207 e. The Morgan fingerprint density at radius 3 is 2.48 bits per heavy atom. The molecule has 0 saturated heterocycles. The van der Waals surface area contributed by atoms with E-state index in [4.69, 9.17) is 0 Å². The van der Waals surface area contributed by atoms with Crippen LogP contribution in [-0.4, -0.2) is 20.2 Å². The first-order chi connectivity index (χ1) is 10.2. The van der Waals surface area contributed by atoms with Gasteiger partial charge < -0.3 is 0 Å². The Morgan fingerprint density at radius 2 is 1.76 bits per heavy atom. The number of tetrazole rings is 1. The van der Waals surface area contributed by atoms with E-state index >= 15 is 0 Å². The minimum atomic E-state index is -0.228. The number of nitrogens with zero attached hydrogens (tertiary/aromatic N) is 4. The van der Waals surface area contributed by atoms with Crippen LogP contribution >= 0.6 is 11.8 Å². The number of hydrogen-bond donors (Lipinski definition) is 0. The number of halogens is 1. The third-order valence-corrected chi connectivity index (χ3v) is 3.99. The fourth-order valence-electron chi connectivity index (χ4n) is 1.85. The molecule has 0 bridgehead atoms. The van der Waals surface area contributed by atoms with Gasteiger partial charge in [-0.05, 0) is 47.2 Å². The average molecular weight is 300 g/mol. The SMILES string of the molecule is Cc1ccc(-n2nnnc2SCc2ccc(F)cc2)cc1. The molecule has 0 saturated carbocycles. The van der Waals surface area contributed by atoms with Crippen LogP contribution in [0.15, 0.2) is 53.7 Å². The Hall–Kier alpha value is -2.21. The molecule has 0 spiro atoms. The van der Waals surface area contributed by atoms with Gasteiger partial charge in [0.15, 0.2) is 0 Å². The van der Waals surface area contributed by atoms with Crippen molar-refractivity contribution in [3.05, 3.63) is 65.5 Å². The van der Waals surface area contributed by atoms with E-state index in [9.17, 15) is 4.39 Å². The molecule has 1 aromatic heterocycles. The van der Waals surface area contributed by atoms with Gasteiger partial charge >= 0.3 is 0 Å². The van der Waals surface area contributed by atoms with Crippen LogP contribution < -0.4 is 0 Å². The van der Waals surface area contributed by atoms with Crippen LogP contribution in [0.4, 0.5) is 4.39 Å². The molecule has 6 heteroatoms. The van der Waals surface area contributed by atoms with Gasteiger partial charge in [-0.2, -0.15) is 4.68 Å². The Balaban J connectivity index is 1.76. The third kappa shape index (κ3) is 3.28. The second kappa shape index (κ2) is 6.05. The first-order valence-corrected chi connectivity index (χ1v) is 7.43. The maximum atomic E-state index is 12.9. The van der Waals surface area contributed by atoms with Gasteiger partial charge in [-0.1, -0.05) is 41.6 Å². The minimum Gasteiger partial charge on any atom is -0.207 e.